The molecule has 6 nitrogen and oxygen atoms in total. The molecule has 90 valence electrons. The molecule has 0 saturated carbocycles. The van der Waals surface area contributed by atoms with Gasteiger partial charge in [0, 0.05) is 37.1 Å². The maximum Gasteiger partial charge on any atom is 0.407 e. The number of pyridine rings is 1. The van der Waals surface area contributed by atoms with E-state index in [2.05, 4.69) is 10.3 Å². The van der Waals surface area contributed by atoms with Crippen LogP contribution in [0.5, 0.6) is 0 Å². The minimum Gasteiger partial charge on any atom is -0.465 e. The molecular weight excluding hydrogens is 222 g/mol. The number of carbonyl (C=O) groups excluding carboxylic acids is 1. The lowest BCUT2D eigenvalue weighted by Gasteiger charge is -2.13. The van der Waals surface area contributed by atoms with Gasteiger partial charge in [-0.25, -0.2) is 4.79 Å². The molecule has 1 saturated heterocycles. The molecule has 1 fully saturated rings. The van der Waals surface area contributed by atoms with Crippen molar-refractivity contribution in [1.82, 2.24) is 15.2 Å². The molecule has 1 unspecified atom stereocenters. The molecule has 1 aliphatic rings. The van der Waals surface area contributed by atoms with Crippen molar-refractivity contribution in [3.63, 3.8) is 0 Å². The predicted molar refractivity (Wildman–Crippen MR) is 59.7 cm³/mol. The van der Waals surface area contributed by atoms with Crippen LogP contribution in [0, 0.1) is 0 Å². The summed E-state index contributed by atoms with van der Waals surface area (Å²) in [7, 11) is 0. The quantitative estimate of drug-likeness (QED) is 0.784. The number of nitrogens with one attached hydrogen (secondary N) is 1. The van der Waals surface area contributed by atoms with Crippen molar-refractivity contribution in [3.8, 4) is 0 Å². The van der Waals surface area contributed by atoms with Crippen LogP contribution < -0.4 is 5.32 Å². The van der Waals surface area contributed by atoms with E-state index in [1.165, 1.54) is 4.90 Å². The van der Waals surface area contributed by atoms with E-state index >= 15 is 0 Å². The van der Waals surface area contributed by atoms with Gasteiger partial charge in [0.05, 0.1) is 0 Å². The summed E-state index contributed by atoms with van der Waals surface area (Å²) in [5.41, 5.74) is 0.536. The van der Waals surface area contributed by atoms with Crippen LogP contribution >= 0.6 is 0 Å². The molecule has 0 aromatic carbocycles. The zero-order valence-corrected chi connectivity index (χ0v) is 9.17. The average Bonchev–Trinajstić information content (AvgIpc) is 2.79. The highest BCUT2D eigenvalue weighted by atomic mass is 16.4. The average molecular weight is 235 g/mol. The van der Waals surface area contributed by atoms with Crippen LogP contribution in [0.2, 0.25) is 0 Å². The first kappa shape index (κ1) is 11.4. The number of carbonyl (C=O) groups is 2. The third-order valence-electron chi connectivity index (χ3n) is 2.74. The zero-order chi connectivity index (χ0) is 12.3. The fourth-order valence-electron chi connectivity index (χ4n) is 1.82. The number of aromatic nitrogens is 1. The Labute approximate surface area is 98.3 Å². The smallest absolute Gasteiger partial charge is 0.407 e. The molecule has 2 heterocycles. The second-order valence-electron chi connectivity index (χ2n) is 3.92. The molecule has 1 aliphatic heterocycles. The molecule has 0 spiro atoms. The Balaban J connectivity index is 1.91. The summed E-state index contributed by atoms with van der Waals surface area (Å²) in [6.45, 7) is 0.822. The van der Waals surface area contributed by atoms with Gasteiger partial charge in [0.25, 0.3) is 5.91 Å². The number of nitrogens with zero attached hydrogens (tertiary/aromatic N) is 2. The Kier molecular flexibility index (Phi) is 3.22. The zero-order valence-electron chi connectivity index (χ0n) is 9.17. The van der Waals surface area contributed by atoms with E-state index < -0.39 is 6.09 Å². The molecule has 17 heavy (non-hydrogen) atoms. The Morgan fingerprint density at radius 1 is 1.41 bits per heavy atom. The van der Waals surface area contributed by atoms with Gasteiger partial charge in [-0.15, -0.1) is 0 Å². The summed E-state index contributed by atoms with van der Waals surface area (Å²) >= 11 is 0. The van der Waals surface area contributed by atoms with Crippen LogP contribution in [-0.2, 0) is 0 Å². The largest absolute Gasteiger partial charge is 0.465 e. The highest BCUT2D eigenvalue weighted by Gasteiger charge is 2.26. The maximum atomic E-state index is 11.8. The standard InChI is InChI=1S/C11H13N3O3/c15-10(8-1-4-12-5-2-8)13-9-3-6-14(7-9)11(16)17/h1-2,4-5,9H,3,6-7H2,(H,13,15)(H,16,17). The molecule has 2 rings (SSSR count). The molecule has 1 aromatic rings. The Bertz CT molecular complexity index is 421. The topological polar surface area (TPSA) is 82.5 Å². The first-order valence-electron chi connectivity index (χ1n) is 5.35. The number of amides is 2. The van der Waals surface area contributed by atoms with Crippen molar-refractivity contribution >= 4 is 12.0 Å². The Morgan fingerprint density at radius 2 is 2.12 bits per heavy atom. The van der Waals surface area contributed by atoms with Crippen LogP contribution in [0.3, 0.4) is 0 Å². The molecular formula is C11H13N3O3. The second-order valence-corrected chi connectivity index (χ2v) is 3.92. The van der Waals surface area contributed by atoms with Crippen LogP contribution in [0.25, 0.3) is 0 Å². The monoisotopic (exact) mass is 235 g/mol. The minimum absolute atomic E-state index is 0.105. The van der Waals surface area contributed by atoms with Gasteiger partial charge in [0.2, 0.25) is 0 Å². The van der Waals surface area contributed by atoms with E-state index in [4.69, 9.17) is 5.11 Å². The summed E-state index contributed by atoms with van der Waals surface area (Å²) in [6, 6.07) is 3.14. The van der Waals surface area contributed by atoms with Crippen molar-refractivity contribution in [2.45, 2.75) is 12.5 Å². The van der Waals surface area contributed by atoms with E-state index in [0.29, 0.717) is 25.1 Å². The molecule has 1 aromatic heterocycles. The van der Waals surface area contributed by atoms with Gasteiger partial charge >= 0.3 is 6.09 Å². The van der Waals surface area contributed by atoms with Crippen LogP contribution in [0.15, 0.2) is 24.5 Å². The normalized spacial score (nSPS) is 19.1. The van der Waals surface area contributed by atoms with E-state index in [-0.39, 0.29) is 11.9 Å². The Morgan fingerprint density at radius 3 is 2.71 bits per heavy atom. The van der Waals surface area contributed by atoms with Gasteiger partial charge in [-0.05, 0) is 18.6 Å². The van der Waals surface area contributed by atoms with Crippen molar-refractivity contribution in [1.29, 1.82) is 0 Å². The first-order chi connectivity index (χ1) is 8.16. The number of carboxylic acid groups (broad SMARTS) is 1. The van der Waals surface area contributed by atoms with Gasteiger partial charge in [-0.2, -0.15) is 0 Å². The molecule has 0 aliphatic carbocycles. The lowest BCUT2D eigenvalue weighted by Crippen LogP contribution is -2.38. The van der Waals surface area contributed by atoms with E-state index in [9.17, 15) is 9.59 Å². The summed E-state index contributed by atoms with van der Waals surface area (Å²) in [6.07, 6.45) is 2.81. The van der Waals surface area contributed by atoms with E-state index in [1.807, 2.05) is 0 Å². The summed E-state index contributed by atoms with van der Waals surface area (Å²) in [5.74, 6) is -0.190. The van der Waals surface area contributed by atoms with Gasteiger partial charge < -0.3 is 15.3 Å². The third kappa shape index (κ3) is 2.72. The maximum absolute atomic E-state index is 11.8. The molecule has 6 heteroatoms. The highest BCUT2D eigenvalue weighted by molar-refractivity contribution is 5.94. The number of hydrogen-bond donors (Lipinski definition) is 2. The second kappa shape index (κ2) is 4.82. The summed E-state index contributed by atoms with van der Waals surface area (Å²) in [5, 5.41) is 11.6. The van der Waals surface area contributed by atoms with Gasteiger partial charge in [0.1, 0.15) is 0 Å². The van der Waals surface area contributed by atoms with Crippen LogP contribution in [0.4, 0.5) is 4.79 Å². The Hall–Kier alpha value is -2.11. The van der Waals surface area contributed by atoms with Gasteiger partial charge in [-0.1, -0.05) is 0 Å². The van der Waals surface area contributed by atoms with Gasteiger partial charge in [0.15, 0.2) is 0 Å². The van der Waals surface area contributed by atoms with Crippen molar-refractivity contribution in [3.05, 3.63) is 30.1 Å². The van der Waals surface area contributed by atoms with Crippen molar-refractivity contribution in [2.75, 3.05) is 13.1 Å². The van der Waals surface area contributed by atoms with Crippen molar-refractivity contribution < 1.29 is 14.7 Å². The minimum atomic E-state index is -0.939. The lowest BCUT2D eigenvalue weighted by molar-refractivity contribution is 0.0935. The predicted octanol–water partition coefficient (Wildman–Crippen LogP) is 0.564. The fraction of sp³-hybridized carbons (Fsp3) is 0.364. The molecule has 0 radical (unpaired) electrons. The summed E-state index contributed by atoms with van der Waals surface area (Å²) in [4.78, 5) is 27.6. The number of hydrogen-bond acceptors (Lipinski definition) is 3. The highest BCUT2D eigenvalue weighted by Crippen LogP contribution is 2.09. The molecule has 1 atom stereocenters. The van der Waals surface area contributed by atoms with Crippen LogP contribution in [0.1, 0.15) is 16.8 Å². The van der Waals surface area contributed by atoms with Gasteiger partial charge in [-0.3, -0.25) is 9.78 Å². The van der Waals surface area contributed by atoms with Crippen molar-refractivity contribution in [2.24, 2.45) is 0 Å². The lowest BCUT2D eigenvalue weighted by atomic mass is 10.2. The number of likely N-dealkylation sites (tertiary alicyclic amines) is 1. The molecule has 2 N–H and O–H groups in total. The number of rotatable bonds is 2. The first-order valence-corrected chi connectivity index (χ1v) is 5.35. The summed E-state index contributed by atoms with van der Waals surface area (Å²) < 4.78 is 0. The molecule has 0 bridgehead atoms. The molecule has 2 amide bonds. The van der Waals surface area contributed by atoms with Crippen LogP contribution in [-0.4, -0.2) is 46.1 Å². The van der Waals surface area contributed by atoms with E-state index in [0.717, 1.165) is 0 Å². The SMILES string of the molecule is O=C(NC1CCN(C(=O)O)C1)c1ccncc1. The fourth-order valence-corrected chi connectivity index (χ4v) is 1.82. The van der Waals surface area contributed by atoms with E-state index in [1.54, 1.807) is 24.5 Å². The third-order valence-corrected chi connectivity index (χ3v) is 2.74.